The first-order valence-electron chi connectivity index (χ1n) is 9.06. The molecule has 1 saturated heterocycles. The van der Waals surface area contributed by atoms with E-state index in [1.54, 1.807) is 24.3 Å². The standard InChI is InChI=1S/C18H27N3O3S.ClH/c1-13-6-8-15(9-7-13)25(23,24)20-11-10-19-18(22)17-12-14-4-2-3-5-16(14)21-17;/h6-9,14,16-17,20-21H,2-5,10-12H2,1H3,(H,19,22);1H. The number of rotatable bonds is 6. The van der Waals surface area contributed by atoms with Crippen LogP contribution < -0.4 is 15.4 Å². The van der Waals surface area contributed by atoms with Gasteiger partial charge >= 0.3 is 0 Å². The molecular weight excluding hydrogens is 374 g/mol. The number of amides is 1. The van der Waals surface area contributed by atoms with E-state index >= 15 is 0 Å². The summed E-state index contributed by atoms with van der Waals surface area (Å²) in [7, 11) is -3.53. The molecule has 0 radical (unpaired) electrons. The van der Waals surface area contributed by atoms with Gasteiger partial charge in [-0.05, 0) is 44.2 Å². The zero-order valence-corrected chi connectivity index (χ0v) is 16.7. The van der Waals surface area contributed by atoms with Gasteiger partial charge in [-0.2, -0.15) is 0 Å². The van der Waals surface area contributed by atoms with E-state index < -0.39 is 10.0 Å². The third kappa shape index (κ3) is 5.19. The van der Waals surface area contributed by atoms with Crippen LogP contribution in [0, 0.1) is 12.8 Å². The van der Waals surface area contributed by atoms with Crippen LogP contribution in [0.25, 0.3) is 0 Å². The second-order valence-electron chi connectivity index (χ2n) is 7.11. The van der Waals surface area contributed by atoms with Crippen LogP contribution in [0.5, 0.6) is 0 Å². The van der Waals surface area contributed by atoms with E-state index in [0.29, 0.717) is 12.0 Å². The van der Waals surface area contributed by atoms with Crippen LogP contribution in [0.3, 0.4) is 0 Å². The van der Waals surface area contributed by atoms with Gasteiger partial charge in [-0.15, -0.1) is 12.4 Å². The topological polar surface area (TPSA) is 87.3 Å². The Bertz CT molecular complexity index is 695. The highest BCUT2D eigenvalue weighted by Crippen LogP contribution is 2.33. The van der Waals surface area contributed by atoms with Crippen LogP contribution in [-0.2, 0) is 14.8 Å². The number of carbonyl (C=O) groups excluding carboxylic acids is 1. The van der Waals surface area contributed by atoms with Gasteiger partial charge in [-0.3, -0.25) is 4.79 Å². The average Bonchev–Trinajstić information content (AvgIpc) is 3.03. The van der Waals surface area contributed by atoms with Crippen LogP contribution in [0.2, 0.25) is 0 Å². The van der Waals surface area contributed by atoms with Crippen molar-refractivity contribution in [2.45, 2.75) is 56.0 Å². The van der Waals surface area contributed by atoms with Crippen LogP contribution in [0.4, 0.5) is 0 Å². The minimum atomic E-state index is -3.53. The van der Waals surface area contributed by atoms with E-state index in [0.717, 1.165) is 18.4 Å². The Labute approximate surface area is 162 Å². The molecule has 0 aromatic heterocycles. The molecule has 2 aliphatic rings. The Kier molecular flexibility index (Phi) is 7.46. The predicted molar refractivity (Wildman–Crippen MR) is 104 cm³/mol. The zero-order valence-electron chi connectivity index (χ0n) is 15.0. The molecule has 1 saturated carbocycles. The van der Waals surface area contributed by atoms with Crippen LogP contribution in [-0.4, -0.2) is 39.5 Å². The number of sulfonamides is 1. The lowest BCUT2D eigenvalue weighted by Gasteiger charge is -2.24. The molecule has 2 fully saturated rings. The van der Waals surface area contributed by atoms with Gasteiger partial charge in [-0.25, -0.2) is 13.1 Å². The number of halogens is 1. The van der Waals surface area contributed by atoms with E-state index in [4.69, 9.17) is 0 Å². The highest BCUT2D eigenvalue weighted by atomic mass is 35.5. The molecule has 8 heteroatoms. The first-order chi connectivity index (χ1) is 12.0. The fourth-order valence-electron chi connectivity index (χ4n) is 3.82. The maximum Gasteiger partial charge on any atom is 0.240 e. The van der Waals surface area contributed by atoms with Gasteiger partial charge in [0.2, 0.25) is 15.9 Å². The minimum absolute atomic E-state index is 0. The normalized spacial score (nSPS) is 25.2. The quantitative estimate of drug-likeness (QED) is 0.633. The summed E-state index contributed by atoms with van der Waals surface area (Å²) in [6, 6.07) is 7.04. The summed E-state index contributed by atoms with van der Waals surface area (Å²) in [5.41, 5.74) is 1.01. The lowest BCUT2D eigenvalue weighted by Crippen LogP contribution is -2.45. The van der Waals surface area contributed by atoms with Gasteiger partial charge in [0, 0.05) is 19.1 Å². The summed E-state index contributed by atoms with van der Waals surface area (Å²) in [4.78, 5) is 12.5. The lowest BCUT2D eigenvalue weighted by atomic mass is 9.85. The van der Waals surface area contributed by atoms with Gasteiger partial charge in [-0.1, -0.05) is 30.5 Å². The van der Waals surface area contributed by atoms with Crippen molar-refractivity contribution in [3.63, 3.8) is 0 Å². The predicted octanol–water partition coefficient (Wildman–Crippen LogP) is 1.73. The molecule has 3 N–H and O–H groups in total. The summed E-state index contributed by atoms with van der Waals surface area (Å²) in [6.45, 7) is 2.38. The van der Waals surface area contributed by atoms with Gasteiger partial charge < -0.3 is 10.6 Å². The first-order valence-corrected chi connectivity index (χ1v) is 10.5. The largest absolute Gasteiger partial charge is 0.353 e. The smallest absolute Gasteiger partial charge is 0.240 e. The fourth-order valence-corrected chi connectivity index (χ4v) is 4.85. The maximum atomic E-state index is 12.3. The van der Waals surface area contributed by atoms with Gasteiger partial charge in [0.1, 0.15) is 0 Å². The Morgan fingerprint density at radius 3 is 2.54 bits per heavy atom. The van der Waals surface area contributed by atoms with Crippen molar-refractivity contribution < 1.29 is 13.2 Å². The van der Waals surface area contributed by atoms with Crippen LogP contribution >= 0.6 is 12.4 Å². The Morgan fingerprint density at radius 1 is 1.15 bits per heavy atom. The second-order valence-corrected chi connectivity index (χ2v) is 8.87. The Morgan fingerprint density at radius 2 is 1.85 bits per heavy atom. The molecule has 26 heavy (non-hydrogen) atoms. The van der Waals surface area contributed by atoms with E-state index in [1.807, 2.05) is 6.92 Å². The summed E-state index contributed by atoms with van der Waals surface area (Å²) in [5, 5.41) is 6.27. The van der Waals surface area contributed by atoms with Crippen LogP contribution in [0.1, 0.15) is 37.7 Å². The zero-order chi connectivity index (χ0) is 17.9. The molecule has 1 aromatic carbocycles. The molecule has 1 amide bonds. The number of hydrogen-bond acceptors (Lipinski definition) is 4. The third-order valence-electron chi connectivity index (χ3n) is 5.23. The van der Waals surface area contributed by atoms with E-state index in [-0.39, 0.29) is 42.3 Å². The van der Waals surface area contributed by atoms with Crippen molar-refractivity contribution in [3.8, 4) is 0 Å². The lowest BCUT2D eigenvalue weighted by molar-refractivity contribution is -0.122. The molecule has 3 rings (SSSR count). The van der Waals surface area contributed by atoms with Crippen molar-refractivity contribution in [1.29, 1.82) is 0 Å². The summed E-state index contributed by atoms with van der Waals surface area (Å²) >= 11 is 0. The highest BCUT2D eigenvalue weighted by Gasteiger charge is 2.37. The van der Waals surface area contributed by atoms with Crippen molar-refractivity contribution in [2.75, 3.05) is 13.1 Å². The molecule has 146 valence electrons. The first kappa shape index (κ1) is 21.2. The van der Waals surface area contributed by atoms with Gasteiger partial charge in [0.15, 0.2) is 0 Å². The average molecular weight is 402 g/mol. The minimum Gasteiger partial charge on any atom is -0.353 e. The Balaban J connectivity index is 0.00000243. The molecule has 6 nitrogen and oxygen atoms in total. The highest BCUT2D eigenvalue weighted by molar-refractivity contribution is 7.89. The second kappa shape index (κ2) is 9.17. The number of carbonyl (C=O) groups is 1. The molecule has 3 unspecified atom stereocenters. The summed E-state index contributed by atoms with van der Waals surface area (Å²) in [6.07, 6.45) is 5.76. The summed E-state index contributed by atoms with van der Waals surface area (Å²) in [5.74, 6) is 0.591. The molecule has 0 bridgehead atoms. The maximum absolute atomic E-state index is 12.3. The van der Waals surface area contributed by atoms with E-state index in [2.05, 4.69) is 15.4 Å². The number of hydrogen-bond donors (Lipinski definition) is 3. The molecular formula is C18H28ClN3O3S. The van der Waals surface area contributed by atoms with E-state index in [9.17, 15) is 13.2 Å². The van der Waals surface area contributed by atoms with Crippen molar-refractivity contribution in [2.24, 2.45) is 5.92 Å². The number of fused-ring (bicyclic) bond motifs is 1. The number of aryl methyl sites for hydroxylation is 1. The van der Waals surface area contributed by atoms with Crippen molar-refractivity contribution in [3.05, 3.63) is 29.8 Å². The Hall–Kier alpha value is -1.15. The molecule has 1 aromatic rings. The summed E-state index contributed by atoms with van der Waals surface area (Å²) < 4.78 is 26.9. The van der Waals surface area contributed by atoms with Gasteiger partial charge in [0.05, 0.1) is 10.9 Å². The van der Waals surface area contributed by atoms with Crippen molar-refractivity contribution in [1.82, 2.24) is 15.4 Å². The molecule has 1 aliphatic carbocycles. The molecule has 1 aliphatic heterocycles. The fraction of sp³-hybridized carbons (Fsp3) is 0.611. The van der Waals surface area contributed by atoms with Crippen LogP contribution in [0.15, 0.2) is 29.2 Å². The van der Waals surface area contributed by atoms with Crippen molar-refractivity contribution >= 4 is 28.3 Å². The monoisotopic (exact) mass is 401 g/mol. The number of benzene rings is 1. The molecule has 3 atom stereocenters. The number of nitrogens with one attached hydrogen (secondary N) is 3. The van der Waals surface area contributed by atoms with E-state index in [1.165, 1.54) is 19.3 Å². The van der Waals surface area contributed by atoms with Gasteiger partial charge in [0.25, 0.3) is 0 Å². The SMILES string of the molecule is Cc1ccc(S(=O)(=O)NCCNC(=O)C2CC3CCCCC3N2)cc1.Cl. The molecule has 1 heterocycles. The third-order valence-corrected chi connectivity index (χ3v) is 6.70. The molecule has 0 spiro atoms.